The van der Waals surface area contributed by atoms with Crippen LogP contribution < -0.4 is 15.4 Å². The molecule has 32 heavy (non-hydrogen) atoms. The Bertz CT molecular complexity index is 987. The molecule has 2 N–H and O–H groups in total. The van der Waals surface area contributed by atoms with Crippen molar-refractivity contribution in [3.05, 3.63) is 83.8 Å². The molecule has 3 rings (SSSR count). The van der Waals surface area contributed by atoms with Crippen molar-refractivity contribution in [2.45, 2.75) is 20.0 Å². The molecule has 0 aliphatic rings. The van der Waals surface area contributed by atoms with E-state index in [-0.39, 0.29) is 35.6 Å². The molecule has 0 aliphatic heterocycles. The highest BCUT2D eigenvalue weighted by Gasteiger charge is 2.09. The lowest BCUT2D eigenvalue weighted by Crippen LogP contribution is -2.38. The van der Waals surface area contributed by atoms with E-state index in [0.29, 0.717) is 12.2 Å². The Hall–Kier alpha value is -3.01. The SMILES string of the molecule is CCNC(=NCc1ccc(NC(=O)c2ccco2)cc1)N(C)Cc1ccc(OC)cc1.I. The number of anilines is 1. The summed E-state index contributed by atoms with van der Waals surface area (Å²) in [6, 6.07) is 19.0. The van der Waals surface area contributed by atoms with Crippen LogP contribution in [0.1, 0.15) is 28.6 Å². The molecule has 1 heterocycles. The molecule has 2 aromatic carbocycles. The molecule has 0 unspecified atom stereocenters. The van der Waals surface area contributed by atoms with E-state index in [2.05, 4.69) is 27.7 Å². The maximum atomic E-state index is 12.1. The zero-order valence-corrected chi connectivity index (χ0v) is 20.8. The van der Waals surface area contributed by atoms with E-state index < -0.39 is 0 Å². The third-order valence-electron chi connectivity index (χ3n) is 4.64. The first kappa shape index (κ1) is 25.3. The first-order valence-electron chi connectivity index (χ1n) is 10.1. The van der Waals surface area contributed by atoms with Gasteiger partial charge in [-0.15, -0.1) is 24.0 Å². The fourth-order valence-electron chi connectivity index (χ4n) is 3.01. The topological polar surface area (TPSA) is 79.1 Å². The normalized spacial score (nSPS) is 10.8. The highest BCUT2D eigenvalue weighted by atomic mass is 127. The largest absolute Gasteiger partial charge is 0.497 e. The van der Waals surface area contributed by atoms with Crippen LogP contribution in [0.4, 0.5) is 5.69 Å². The van der Waals surface area contributed by atoms with Gasteiger partial charge in [0.25, 0.3) is 5.91 Å². The zero-order chi connectivity index (χ0) is 22.1. The molecule has 1 aromatic heterocycles. The molecule has 7 nitrogen and oxygen atoms in total. The summed E-state index contributed by atoms with van der Waals surface area (Å²) < 4.78 is 10.3. The van der Waals surface area contributed by atoms with E-state index in [1.807, 2.05) is 50.4 Å². The second kappa shape index (κ2) is 12.7. The number of nitrogens with zero attached hydrogens (tertiary/aromatic N) is 2. The summed E-state index contributed by atoms with van der Waals surface area (Å²) in [5, 5.41) is 6.14. The number of aliphatic imine (C=N–C) groups is 1. The summed E-state index contributed by atoms with van der Waals surface area (Å²) in [4.78, 5) is 18.9. The molecule has 3 aromatic rings. The lowest BCUT2D eigenvalue weighted by atomic mass is 10.2. The summed E-state index contributed by atoms with van der Waals surface area (Å²) in [6.45, 7) is 4.09. The Morgan fingerprint density at radius 1 is 1.06 bits per heavy atom. The average molecular weight is 548 g/mol. The zero-order valence-electron chi connectivity index (χ0n) is 18.5. The minimum absolute atomic E-state index is 0. The Morgan fingerprint density at radius 3 is 2.34 bits per heavy atom. The molecule has 0 radical (unpaired) electrons. The molecular weight excluding hydrogens is 519 g/mol. The van der Waals surface area contributed by atoms with Gasteiger partial charge in [-0.05, 0) is 54.4 Å². The summed E-state index contributed by atoms with van der Waals surface area (Å²) in [5.74, 6) is 1.68. The number of hydrogen-bond acceptors (Lipinski definition) is 4. The third-order valence-corrected chi connectivity index (χ3v) is 4.64. The van der Waals surface area contributed by atoms with Crippen LogP contribution >= 0.6 is 24.0 Å². The van der Waals surface area contributed by atoms with E-state index in [1.54, 1.807) is 19.2 Å². The molecule has 0 fully saturated rings. The highest BCUT2D eigenvalue weighted by molar-refractivity contribution is 14.0. The fraction of sp³-hybridized carbons (Fsp3) is 0.250. The van der Waals surface area contributed by atoms with E-state index in [1.165, 1.54) is 11.8 Å². The van der Waals surface area contributed by atoms with Crippen molar-refractivity contribution in [2.24, 2.45) is 4.99 Å². The maximum absolute atomic E-state index is 12.1. The van der Waals surface area contributed by atoms with E-state index in [9.17, 15) is 4.79 Å². The van der Waals surface area contributed by atoms with Gasteiger partial charge in [-0.1, -0.05) is 24.3 Å². The van der Waals surface area contributed by atoms with Gasteiger partial charge < -0.3 is 24.7 Å². The molecule has 0 atom stereocenters. The van der Waals surface area contributed by atoms with Gasteiger partial charge in [0, 0.05) is 25.8 Å². The first-order valence-corrected chi connectivity index (χ1v) is 10.1. The van der Waals surface area contributed by atoms with Gasteiger partial charge in [0.15, 0.2) is 11.7 Å². The Labute approximate surface area is 205 Å². The second-order valence-electron chi connectivity index (χ2n) is 7.00. The number of guanidine groups is 1. The van der Waals surface area contributed by atoms with Crippen LogP contribution in [0.3, 0.4) is 0 Å². The Balaban J connectivity index is 0.00000363. The maximum Gasteiger partial charge on any atom is 0.291 e. The number of methoxy groups -OCH3 is 1. The van der Waals surface area contributed by atoms with Crippen molar-refractivity contribution >= 4 is 41.5 Å². The predicted octanol–water partition coefficient (Wildman–Crippen LogP) is 4.76. The molecule has 0 aliphatic carbocycles. The molecule has 0 saturated heterocycles. The summed E-state index contributed by atoms with van der Waals surface area (Å²) in [7, 11) is 3.68. The molecule has 8 heteroatoms. The van der Waals surface area contributed by atoms with Crippen LogP contribution in [0.2, 0.25) is 0 Å². The number of ether oxygens (including phenoxy) is 1. The van der Waals surface area contributed by atoms with Gasteiger partial charge in [0.2, 0.25) is 0 Å². The van der Waals surface area contributed by atoms with Gasteiger partial charge in [-0.25, -0.2) is 4.99 Å². The van der Waals surface area contributed by atoms with Gasteiger partial charge in [-0.3, -0.25) is 4.79 Å². The van der Waals surface area contributed by atoms with E-state index in [0.717, 1.165) is 30.4 Å². The van der Waals surface area contributed by atoms with Gasteiger partial charge >= 0.3 is 0 Å². The second-order valence-corrected chi connectivity index (χ2v) is 7.00. The number of benzene rings is 2. The lowest BCUT2D eigenvalue weighted by molar-refractivity contribution is 0.0996. The van der Waals surface area contributed by atoms with Crippen molar-refractivity contribution < 1.29 is 13.9 Å². The number of carbonyl (C=O) groups is 1. The number of amides is 1. The number of furan rings is 1. The fourth-order valence-corrected chi connectivity index (χ4v) is 3.01. The molecule has 170 valence electrons. The molecule has 0 saturated carbocycles. The van der Waals surface area contributed by atoms with Crippen molar-refractivity contribution in [2.75, 3.05) is 26.0 Å². The van der Waals surface area contributed by atoms with Crippen molar-refractivity contribution in [1.29, 1.82) is 0 Å². The number of rotatable bonds is 8. The van der Waals surface area contributed by atoms with E-state index >= 15 is 0 Å². The molecular formula is C24H29IN4O3. The first-order chi connectivity index (χ1) is 15.1. The third kappa shape index (κ3) is 7.30. The van der Waals surface area contributed by atoms with Crippen LogP contribution in [0.25, 0.3) is 0 Å². The Kier molecular flexibility index (Phi) is 10.1. The quantitative estimate of drug-likeness (QED) is 0.241. The predicted molar refractivity (Wildman–Crippen MR) is 138 cm³/mol. The molecule has 1 amide bonds. The highest BCUT2D eigenvalue weighted by Crippen LogP contribution is 2.14. The van der Waals surface area contributed by atoms with Crippen molar-refractivity contribution in [1.82, 2.24) is 10.2 Å². The molecule has 0 spiro atoms. The van der Waals surface area contributed by atoms with Crippen LogP contribution in [0.5, 0.6) is 5.75 Å². The van der Waals surface area contributed by atoms with Gasteiger partial charge in [0.1, 0.15) is 5.75 Å². The summed E-state index contributed by atoms with van der Waals surface area (Å²) >= 11 is 0. The average Bonchev–Trinajstić information content (AvgIpc) is 3.33. The number of halogens is 1. The van der Waals surface area contributed by atoms with Crippen LogP contribution in [0, 0.1) is 0 Å². The van der Waals surface area contributed by atoms with Crippen molar-refractivity contribution in [3.8, 4) is 5.75 Å². The van der Waals surface area contributed by atoms with Crippen LogP contribution in [0.15, 0.2) is 76.3 Å². The number of carbonyl (C=O) groups excluding carboxylic acids is 1. The van der Waals surface area contributed by atoms with Gasteiger partial charge in [0.05, 0.1) is 19.9 Å². The number of hydrogen-bond donors (Lipinski definition) is 2. The number of nitrogens with one attached hydrogen (secondary N) is 2. The minimum Gasteiger partial charge on any atom is -0.497 e. The van der Waals surface area contributed by atoms with Crippen molar-refractivity contribution in [3.63, 3.8) is 0 Å². The smallest absolute Gasteiger partial charge is 0.291 e. The monoisotopic (exact) mass is 548 g/mol. The molecule has 0 bridgehead atoms. The minimum atomic E-state index is -0.273. The van der Waals surface area contributed by atoms with Crippen LogP contribution in [-0.2, 0) is 13.1 Å². The van der Waals surface area contributed by atoms with Crippen LogP contribution in [-0.4, -0.2) is 37.5 Å². The van der Waals surface area contributed by atoms with Gasteiger partial charge in [-0.2, -0.15) is 0 Å². The Morgan fingerprint density at radius 2 is 1.75 bits per heavy atom. The summed E-state index contributed by atoms with van der Waals surface area (Å²) in [6.07, 6.45) is 1.48. The standard InChI is InChI=1S/C24H28N4O3.HI/c1-4-25-24(28(2)17-19-9-13-21(30-3)14-10-19)26-16-18-7-11-20(12-8-18)27-23(29)22-6-5-15-31-22;/h5-15H,4,16-17H2,1-3H3,(H,25,26)(H,27,29);1H. The van der Waals surface area contributed by atoms with E-state index in [4.69, 9.17) is 14.1 Å². The summed E-state index contributed by atoms with van der Waals surface area (Å²) in [5.41, 5.74) is 2.92. The lowest BCUT2D eigenvalue weighted by Gasteiger charge is -2.22.